The van der Waals surface area contributed by atoms with E-state index in [2.05, 4.69) is 16.2 Å². The second-order valence-electron chi connectivity index (χ2n) is 6.59. The van der Waals surface area contributed by atoms with Gasteiger partial charge in [0.05, 0.1) is 9.75 Å². The molecule has 2 aromatic heterocycles. The normalized spacial score (nSPS) is 10.4. The van der Waals surface area contributed by atoms with E-state index in [1.165, 1.54) is 40.9 Å². The first-order valence-electron chi connectivity index (χ1n) is 9.41. The van der Waals surface area contributed by atoms with Crippen molar-refractivity contribution in [1.29, 1.82) is 0 Å². The van der Waals surface area contributed by atoms with E-state index in [0.29, 0.717) is 15.4 Å². The highest BCUT2D eigenvalue weighted by Crippen LogP contribution is 2.28. The third-order valence-electron chi connectivity index (χ3n) is 4.38. The number of hydrazine groups is 1. The maximum absolute atomic E-state index is 13.1. The maximum Gasteiger partial charge on any atom is 0.279 e. The molecule has 160 valence electrons. The molecule has 32 heavy (non-hydrogen) atoms. The first-order valence-corrected chi connectivity index (χ1v) is 11.1. The Morgan fingerprint density at radius 1 is 0.750 bits per heavy atom. The molecule has 0 aliphatic rings. The van der Waals surface area contributed by atoms with Gasteiger partial charge in [-0.1, -0.05) is 24.3 Å². The lowest BCUT2D eigenvalue weighted by atomic mass is 10.2. The van der Waals surface area contributed by atoms with E-state index in [0.717, 1.165) is 10.4 Å². The van der Waals surface area contributed by atoms with Crippen LogP contribution in [-0.4, -0.2) is 17.7 Å². The molecule has 0 aliphatic carbocycles. The minimum Gasteiger partial charge on any atom is -0.321 e. The summed E-state index contributed by atoms with van der Waals surface area (Å²) in [7, 11) is 0. The summed E-state index contributed by atoms with van der Waals surface area (Å²) in [6.45, 7) is 0. The molecule has 0 saturated heterocycles. The van der Waals surface area contributed by atoms with E-state index in [1.54, 1.807) is 60.0 Å². The van der Waals surface area contributed by atoms with Gasteiger partial charge in [0.2, 0.25) is 0 Å². The molecule has 4 rings (SSSR count). The monoisotopic (exact) mass is 465 g/mol. The van der Waals surface area contributed by atoms with Crippen molar-refractivity contribution in [2.24, 2.45) is 0 Å². The zero-order valence-electron chi connectivity index (χ0n) is 16.4. The summed E-state index contributed by atoms with van der Waals surface area (Å²) < 4.78 is 13.1. The summed E-state index contributed by atoms with van der Waals surface area (Å²) in [4.78, 5) is 38.8. The number of nitrogens with one attached hydrogen (secondary N) is 3. The van der Waals surface area contributed by atoms with Gasteiger partial charge in [0.1, 0.15) is 5.82 Å². The Balaban J connectivity index is 1.36. The van der Waals surface area contributed by atoms with Gasteiger partial charge in [-0.2, -0.15) is 0 Å². The van der Waals surface area contributed by atoms with Crippen LogP contribution in [0.1, 0.15) is 29.7 Å². The standard InChI is InChI=1S/C23H16FN3O3S2/c24-16-8-6-14(7-9-16)18-10-11-20(32-18)23(30)27-26-21(28)15-3-1-4-17(13-15)25-22(29)19-5-2-12-31-19/h1-13H,(H,25,29)(H,26,28)(H,27,30). The summed E-state index contributed by atoms with van der Waals surface area (Å²) in [5.41, 5.74) is 6.28. The zero-order chi connectivity index (χ0) is 22.5. The van der Waals surface area contributed by atoms with Crippen LogP contribution in [0.15, 0.2) is 78.2 Å². The predicted molar refractivity (Wildman–Crippen MR) is 123 cm³/mol. The molecule has 4 aromatic rings. The molecule has 9 heteroatoms. The predicted octanol–water partition coefficient (Wildman–Crippen LogP) is 4.94. The molecular formula is C23H16FN3O3S2. The van der Waals surface area contributed by atoms with Crippen molar-refractivity contribution in [2.75, 3.05) is 5.32 Å². The van der Waals surface area contributed by atoms with Gasteiger partial charge in [-0.05, 0) is 59.5 Å². The number of benzene rings is 2. The van der Waals surface area contributed by atoms with Crippen molar-refractivity contribution in [3.63, 3.8) is 0 Å². The number of carbonyl (C=O) groups is 3. The number of rotatable bonds is 5. The van der Waals surface area contributed by atoms with Crippen LogP contribution in [0.4, 0.5) is 10.1 Å². The largest absolute Gasteiger partial charge is 0.321 e. The summed E-state index contributed by atoms with van der Waals surface area (Å²) >= 11 is 2.54. The van der Waals surface area contributed by atoms with Gasteiger partial charge in [-0.15, -0.1) is 22.7 Å². The van der Waals surface area contributed by atoms with Crippen molar-refractivity contribution in [3.05, 3.63) is 99.3 Å². The molecule has 0 aliphatic heterocycles. The minimum atomic E-state index is -0.527. The minimum absolute atomic E-state index is 0.263. The second-order valence-corrected chi connectivity index (χ2v) is 8.62. The molecule has 2 heterocycles. The van der Waals surface area contributed by atoms with Crippen LogP contribution in [0.5, 0.6) is 0 Å². The van der Waals surface area contributed by atoms with E-state index < -0.39 is 11.8 Å². The van der Waals surface area contributed by atoms with Gasteiger partial charge >= 0.3 is 0 Å². The third-order valence-corrected chi connectivity index (χ3v) is 6.38. The number of thiophene rings is 2. The van der Waals surface area contributed by atoms with Crippen LogP contribution in [0.2, 0.25) is 0 Å². The van der Waals surface area contributed by atoms with Gasteiger partial charge in [0.15, 0.2) is 0 Å². The fraction of sp³-hybridized carbons (Fsp3) is 0. The number of halogens is 1. The lowest BCUT2D eigenvalue weighted by molar-refractivity contribution is 0.0849. The molecule has 0 bridgehead atoms. The Labute approximate surface area is 190 Å². The first-order chi connectivity index (χ1) is 15.5. The number of anilines is 1. The highest BCUT2D eigenvalue weighted by atomic mass is 32.1. The molecule has 2 aromatic carbocycles. The smallest absolute Gasteiger partial charge is 0.279 e. The highest BCUT2D eigenvalue weighted by molar-refractivity contribution is 7.17. The summed E-state index contributed by atoms with van der Waals surface area (Å²) in [6, 6.07) is 19.2. The average molecular weight is 466 g/mol. The molecule has 0 spiro atoms. The highest BCUT2D eigenvalue weighted by Gasteiger charge is 2.13. The van der Waals surface area contributed by atoms with E-state index in [1.807, 2.05) is 0 Å². The van der Waals surface area contributed by atoms with Crippen LogP contribution < -0.4 is 16.2 Å². The number of amides is 3. The van der Waals surface area contributed by atoms with Crippen molar-refractivity contribution in [1.82, 2.24) is 10.9 Å². The van der Waals surface area contributed by atoms with E-state index in [9.17, 15) is 18.8 Å². The first kappa shape index (κ1) is 21.4. The molecular weight excluding hydrogens is 449 g/mol. The molecule has 0 saturated carbocycles. The Bertz CT molecular complexity index is 1270. The number of carbonyl (C=O) groups excluding carboxylic acids is 3. The molecule has 3 amide bonds. The molecule has 3 N–H and O–H groups in total. The topological polar surface area (TPSA) is 87.3 Å². The molecule has 0 unspecified atom stereocenters. The lowest BCUT2D eigenvalue weighted by Gasteiger charge is -2.08. The Morgan fingerprint density at radius 3 is 2.28 bits per heavy atom. The Kier molecular flexibility index (Phi) is 6.39. The van der Waals surface area contributed by atoms with Gasteiger partial charge in [0, 0.05) is 16.1 Å². The van der Waals surface area contributed by atoms with Gasteiger partial charge < -0.3 is 5.32 Å². The van der Waals surface area contributed by atoms with Gasteiger partial charge in [0.25, 0.3) is 17.7 Å². The lowest BCUT2D eigenvalue weighted by Crippen LogP contribution is -2.41. The Morgan fingerprint density at radius 2 is 1.53 bits per heavy atom. The fourth-order valence-corrected chi connectivity index (χ4v) is 4.34. The Hall–Kier alpha value is -3.82. The van der Waals surface area contributed by atoms with Crippen molar-refractivity contribution in [2.45, 2.75) is 0 Å². The van der Waals surface area contributed by atoms with Crippen molar-refractivity contribution < 1.29 is 18.8 Å². The van der Waals surface area contributed by atoms with Crippen LogP contribution >= 0.6 is 22.7 Å². The van der Waals surface area contributed by atoms with Crippen LogP contribution in [0, 0.1) is 5.82 Å². The number of hydrogen-bond acceptors (Lipinski definition) is 5. The van der Waals surface area contributed by atoms with Crippen LogP contribution in [0.3, 0.4) is 0 Å². The SMILES string of the molecule is O=C(NNC(=O)c1ccc(-c2ccc(F)cc2)s1)c1cccc(NC(=O)c2cccs2)c1. The number of hydrogen-bond donors (Lipinski definition) is 3. The van der Waals surface area contributed by atoms with E-state index in [-0.39, 0.29) is 17.3 Å². The van der Waals surface area contributed by atoms with Gasteiger partial charge in [-0.3, -0.25) is 25.2 Å². The fourth-order valence-electron chi connectivity index (χ4n) is 2.82. The van der Waals surface area contributed by atoms with Crippen molar-refractivity contribution >= 4 is 46.1 Å². The summed E-state index contributed by atoms with van der Waals surface area (Å²) in [6.07, 6.45) is 0. The quantitative estimate of drug-likeness (QED) is 0.365. The van der Waals surface area contributed by atoms with Gasteiger partial charge in [-0.25, -0.2) is 4.39 Å². The molecule has 0 atom stereocenters. The van der Waals surface area contributed by atoms with E-state index in [4.69, 9.17) is 0 Å². The molecule has 0 radical (unpaired) electrons. The molecule has 0 fully saturated rings. The average Bonchev–Trinajstić information content (AvgIpc) is 3.50. The third kappa shape index (κ3) is 5.08. The van der Waals surface area contributed by atoms with Crippen LogP contribution in [0.25, 0.3) is 10.4 Å². The second kappa shape index (κ2) is 9.54. The molecule has 6 nitrogen and oxygen atoms in total. The summed E-state index contributed by atoms with van der Waals surface area (Å²) in [5, 5.41) is 4.54. The van der Waals surface area contributed by atoms with Crippen molar-refractivity contribution in [3.8, 4) is 10.4 Å². The maximum atomic E-state index is 13.1. The zero-order valence-corrected chi connectivity index (χ0v) is 18.1. The summed E-state index contributed by atoms with van der Waals surface area (Å²) in [5.74, 6) is -1.60. The van der Waals surface area contributed by atoms with E-state index >= 15 is 0 Å². The van der Waals surface area contributed by atoms with Crippen LogP contribution in [-0.2, 0) is 0 Å².